The number of aliphatic hydroxyl groups is 1. The van der Waals surface area contributed by atoms with E-state index in [-0.39, 0.29) is 0 Å². The van der Waals surface area contributed by atoms with Crippen LogP contribution in [-0.2, 0) is 13.0 Å². The minimum Gasteiger partial charge on any atom is -0.388 e. The summed E-state index contributed by atoms with van der Waals surface area (Å²) < 4.78 is 2.06. The molecule has 1 unspecified atom stereocenters. The van der Waals surface area contributed by atoms with Gasteiger partial charge in [0.25, 0.3) is 0 Å². The van der Waals surface area contributed by atoms with Gasteiger partial charge >= 0.3 is 0 Å². The molecule has 1 aromatic heterocycles. The molecule has 1 saturated carbocycles. The summed E-state index contributed by atoms with van der Waals surface area (Å²) in [6.07, 6.45) is 6.50. The Balaban J connectivity index is 2.12. The van der Waals surface area contributed by atoms with Gasteiger partial charge in [-0.25, -0.2) is 4.98 Å². The molecule has 0 aliphatic heterocycles. The molecule has 1 aliphatic carbocycles. The van der Waals surface area contributed by atoms with Gasteiger partial charge in [-0.2, -0.15) is 0 Å². The van der Waals surface area contributed by atoms with Gasteiger partial charge in [-0.3, -0.25) is 0 Å². The van der Waals surface area contributed by atoms with Gasteiger partial charge in [-0.15, -0.1) is 0 Å². The van der Waals surface area contributed by atoms with Crippen LogP contribution in [0.4, 0.5) is 0 Å². The summed E-state index contributed by atoms with van der Waals surface area (Å²) >= 11 is 0. The summed E-state index contributed by atoms with van der Waals surface area (Å²) in [7, 11) is 0. The molecule has 0 radical (unpaired) electrons. The molecule has 1 heterocycles. The fourth-order valence-corrected chi connectivity index (χ4v) is 2.07. The van der Waals surface area contributed by atoms with E-state index in [9.17, 15) is 5.11 Å². The third-order valence-electron chi connectivity index (χ3n) is 3.30. The molecule has 0 bridgehead atoms. The van der Waals surface area contributed by atoms with Crippen LogP contribution in [0.5, 0.6) is 0 Å². The van der Waals surface area contributed by atoms with Crippen molar-refractivity contribution < 1.29 is 5.11 Å². The highest BCUT2D eigenvalue weighted by Gasteiger charge is 2.43. The van der Waals surface area contributed by atoms with Gasteiger partial charge in [-0.1, -0.05) is 0 Å². The lowest BCUT2D eigenvalue weighted by atomic mass is 9.93. The molecule has 0 amide bonds. The summed E-state index contributed by atoms with van der Waals surface area (Å²) in [5, 5.41) is 10.4. The van der Waals surface area contributed by atoms with Crippen LogP contribution in [-0.4, -0.2) is 26.8 Å². The lowest BCUT2D eigenvalue weighted by Crippen LogP contribution is -2.43. The van der Waals surface area contributed by atoms with Crippen molar-refractivity contribution >= 4 is 0 Å². The maximum Gasteiger partial charge on any atom is 0.111 e. The molecule has 3 N–H and O–H groups in total. The smallest absolute Gasteiger partial charge is 0.111 e. The third-order valence-corrected chi connectivity index (χ3v) is 3.30. The summed E-state index contributed by atoms with van der Waals surface area (Å²) in [5.41, 5.74) is 4.93. The van der Waals surface area contributed by atoms with Gasteiger partial charge in [0.15, 0.2) is 0 Å². The van der Waals surface area contributed by atoms with Crippen molar-refractivity contribution in [1.29, 1.82) is 0 Å². The molecule has 1 aromatic rings. The molecule has 15 heavy (non-hydrogen) atoms. The van der Waals surface area contributed by atoms with Crippen molar-refractivity contribution in [2.75, 3.05) is 6.54 Å². The SMILES string of the molecule is CCn1ccnc1CC(O)(CN)C1CC1. The average Bonchev–Trinajstić information content (AvgIpc) is 3.01. The maximum absolute atomic E-state index is 10.4. The van der Waals surface area contributed by atoms with E-state index in [4.69, 9.17) is 5.73 Å². The van der Waals surface area contributed by atoms with Gasteiger partial charge in [0, 0.05) is 31.9 Å². The van der Waals surface area contributed by atoms with E-state index in [0.717, 1.165) is 25.2 Å². The van der Waals surface area contributed by atoms with Gasteiger partial charge in [0.2, 0.25) is 0 Å². The Morgan fingerprint density at radius 2 is 2.40 bits per heavy atom. The number of rotatable bonds is 5. The lowest BCUT2D eigenvalue weighted by Gasteiger charge is -2.26. The topological polar surface area (TPSA) is 64.1 Å². The van der Waals surface area contributed by atoms with E-state index in [0.29, 0.717) is 18.9 Å². The fraction of sp³-hybridized carbons (Fsp3) is 0.727. The average molecular weight is 209 g/mol. The number of hydrogen-bond donors (Lipinski definition) is 2. The molecule has 2 rings (SSSR count). The van der Waals surface area contributed by atoms with Crippen molar-refractivity contribution in [3.05, 3.63) is 18.2 Å². The Hall–Kier alpha value is -0.870. The molecule has 4 heteroatoms. The Bertz CT molecular complexity index is 332. The first-order valence-electron chi connectivity index (χ1n) is 5.62. The van der Waals surface area contributed by atoms with Crippen LogP contribution in [0, 0.1) is 5.92 Å². The lowest BCUT2D eigenvalue weighted by molar-refractivity contribution is 0.0241. The molecule has 1 aliphatic rings. The highest BCUT2D eigenvalue weighted by molar-refractivity contribution is 5.04. The number of nitrogens with zero attached hydrogens (tertiary/aromatic N) is 2. The number of aromatic nitrogens is 2. The zero-order chi connectivity index (χ0) is 10.9. The Labute approximate surface area is 90.1 Å². The minimum absolute atomic E-state index is 0.328. The van der Waals surface area contributed by atoms with E-state index in [1.165, 1.54) is 0 Å². The normalized spacial score (nSPS) is 20.2. The van der Waals surface area contributed by atoms with E-state index in [2.05, 4.69) is 16.5 Å². The van der Waals surface area contributed by atoms with Gasteiger partial charge in [-0.05, 0) is 25.7 Å². The predicted octanol–water partition coefficient (Wildman–Crippen LogP) is 0.545. The van der Waals surface area contributed by atoms with E-state index < -0.39 is 5.60 Å². The first-order chi connectivity index (χ1) is 7.19. The van der Waals surface area contributed by atoms with Gasteiger partial charge < -0.3 is 15.4 Å². The Morgan fingerprint density at radius 1 is 1.67 bits per heavy atom. The molecular weight excluding hydrogens is 190 g/mol. The Kier molecular flexibility index (Phi) is 2.80. The minimum atomic E-state index is -0.738. The highest BCUT2D eigenvalue weighted by atomic mass is 16.3. The standard InChI is InChI=1S/C11H19N3O/c1-2-14-6-5-13-10(14)7-11(15,8-12)9-3-4-9/h5-6,9,15H,2-4,7-8,12H2,1H3. The number of aryl methyl sites for hydroxylation is 1. The molecule has 0 spiro atoms. The summed E-state index contributed by atoms with van der Waals surface area (Å²) in [4.78, 5) is 4.28. The van der Waals surface area contributed by atoms with Gasteiger partial charge in [0.05, 0.1) is 5.60 Å². The quantitative estimate of drug-likeness (QED) is 0.744. The molecule has 4 nitrogen and oxygen atoms in total. The zero-order valence-corrected chi connectivity index (χ0v) is 9.19. The highest BCUT2D eigenvalue weighted by Crippen LogP contribution is 2.40. The van der Waals surface area contributed by atoms with Crippen molar-refractivity contribution in [2.24, 2.45) is 11.7 Å². The van der Waals surface area contributed by atoms with Crippen LogP contribution in [0.25, 0.3) is 0 Å². The molecular formula is C11H19N3O. The van der Waals surface area contributed by atoms with Gasteiger partial charge in [0.1, 0.15) is 5.82 Å². The van der Waals surface area contributed by atoms with Crippen molar-refractivity contribution in [3.8, 4) is 0 Å². The van der Waals surface area contributed by atoms with E-state index >= 15 is 0 Å². The van der Waals surface area contributed by atoms with Crippen LogP contribution in [0.2, 0.25) is 0 Å². The first-order valence-corrected chi connectivity index (χ1v) is 5.62. The zero-order valence-electron chi connectivity index (χ0n) is 9.19. The van der Waals surface area contributed by atoms with Crippen molar-refractivity contribution in [2.45, 2.75) is 38.3 Å². The fourth-order valence-electron chi connectivity index (χ4n) is 2.07. The third kappa shape index (κ3) is 2.06. The maximum atomic E-state index is 10.4. The van der Waals surface area contributed by atoms with Crippen LogP contribution < -0.4 is 5.73 Å². The van der Waals surface area contributed by atoms with Crippen LogP contribution in [0.1, 0.15) is 25.6 Å². The number of nitrogens with two attached hydrogens (primary N) is 1. The number of hydrogen-bond acceptors (Lipinski definition) is 3. The molecule has 0 aromatic carbocycles. The van der Waals surface area contributed by atoms with Crippen LogP contribution in [0.3, 0.4) is 0 Å². The first kappa shape index (κ1) is 10.6. The molecule has 0 saturated heterocycles. The Morgan fingerprint density at radius 3 is 2.93 bits per heavy atom. The van der Waals surface area contributed by atoms with E-state index in [1.54, 1.807) is 6.20 Å². The second-order valence-electron chi connectivity index (χ2n) is 4.39. The summed E-state index contributed by atoms with van der Waals surface area (Å²) in [6.45, 7) is 3.29. The van der Waals surface area contributed by atoms with Crippen molar-refractivity contribution in [1.82, 2.24) is 9.55 Å². The van der Waals surface area contributed by atoms with Crippen molar-refractivity contribution in [3.63, 3.8) is 0 Å². The molecule has 84 valence electrons. The van der Waals surface area contributed by atoms with Crippen LogP contribution in [0.15, 0.2) is 12.4 Å². The summed E-state index contributed by atoms with van der Waals surface area (Å²) in [5.74, 6) is 1.32. The van der Waals surface area contributed by atoms with E-state index in [1.807, 2.05) is 6.20 Å². The van der Waals surface area contributed by atoms with Crippen LogP contribution >= 0.6 is 0 Å². The number of imidazole rings is 1. The summed E-state index contributed by atoms with van der Waals surface area (Å²) in [6, 6.07) is 0. The molecule has 1 atom stereocenters. The molecule has 1 fully saturated rings. The predicted molar refractivity (Wildman–Crippen MR) is 58.3 cm³/mol. The second-order valence-corrected chi connectivity index (χ2v) is 4.39. The largest absolute Gasteiger partial charge is 0.388 e. The second kappa shape index (κ2) is 3.94. The monoisotopic (exact) mass is 209 g/mol.